The lowest BCUT2D eigenvalue weighted by Crippen LogP contribution is -2.35. The van der Waals surface area contributed by atoms with Gasteiger partial charge >= 0.3 is 5.97 Å². The molecule has 2 aliphatic rings. The average molecular weight is 561 g/mol. The van der Waals surface area contributed by atoms with Gasteiger partial charge < -0.3 is 29.4 Å². The van der Waals surface area contributed by atoms with E-state index in [-0.39, 0.29) is 25.2 Å². The number of hydrogen-bond donors (Lipinski definition) is 2. The van der Waals surface area contributed by atoms with Crippen molar-refractivity contribution in [3.8, 4) is 17.2 Å². The number of nitrogens with one attached hydrogen (secondary N) is 1. The lowest BCUT2D eigenvalue weighted by molar-refractivity contribution is -0.143. The number of rotatable bonds is 11. The van der Waals surface area contributed by atoms with Crippen molar-refractivity contribution in [3.05, 3.63) is 82.9 Å². The van der Waals surface area contributed by atoms with Crippen molar-refractivity contribution in [2.24, 2.45) is 5.92 Å². The van der Waals surface area contributed by atoms with E-state index in [9.17, 15) is 14.7 Å². The van der Waals surface area contributed by atoms with Crippen molar-refractivity contribution in [1.29, 1.82) is 0 Å². The Bertz CT molecular complexity index is 1370. The second kappa shape index (κ2) is 12.6. The topological polar surface area (TPSA) is 107 Å². The summed E-state index contributed by atoms with van der Waals surface area (Å²) in [5.41, 5.74) is 4.36. The number of carboxylic acid groups (broad SMARTS) is 1. The molecule has 2 heterocycles. The number of anilines is 1. The molecule has 3 atom stereocenters. The van der Waals surface area contributed by atoms with Gasteiger partial charge in [0.1, 0.15) is 12.4 Å². The average Bonchev–Trinajstić information content (AvgIpc) is 3.58. The van der Waals surface area contributed by atoms with Crippen LogP contribution in [0.2, 0.25) is 0 Å². The predicted octanol–water partition coefficient (Wildman–Crippen LogP) is 4.93. The zero-order valence-electron chi connectivity index (χ0n) is 23.6. The molecule has 0 bridgehead atoms. The van der Waals surface area contributed by atoms with E-state index in [4.69, 9.17) is 18.9 Å². The molecular weight excluding hydrogens is 524 g/mol. The van der Waals surface area contributed by atoms with Crippen LogP contribution in [0.15, 0.2) is 60.7 Å². The Morgan fingerprint density at radius 2 is 1.68 bits per heavy atom. The van der Waals surface area contributed by atoms with Gasteiger partial charge in [-0.15, -0.1) is 0 Å². The summed E-state index contributed by atoms with van der Waals surface area (Å²) in [4.78, 5) is 28.2. The number of likely N-dealkylation sites (tertiary alicyclic amines) is 1. The van der Waals surface area contributed by atoms with Gasteiger partial charge in [0.25, 0.3) is 0 Å². The van der Waals surface area contributed by atoms with Crippen molar-refractivity contribution >= 4 is 17.6 Å². The lowest BCUT2D eigenvalue weighted by atomic mass is 9.82. The molecule has 41 heavy (non-hydrogen) atoms. The van der Waals surface area contributed by atoms with E-state index in [1.54, 1.807) is 0 Å². The maximum Gasteiger partial charge on any atom is 0.309 e. The van der Waals surface area contributed by atoms with E-state index in [0.717, 1.165) is 27.9 Å². The van der Waals surface area contributed by atoms with Gasteiger partial charge in [-0.3, -0.25) is 14.5 Å². The first-order chi connectivity index (χ1) is 19.9. The van der Waals surface area contributed by atoms with Gasteiger partial charge in [0.2, 0.25) is 12.7 Å². The van der Waals surface area contributed by atoms with E-state index in [1.807, 2.05) is 86.3 Å². The van der Waals surface area contributed by atoms with Crippen molar-refractivity contribution in [1.82, 2.24) is 4.90 Å². The molecule has 0 aromatic heterocycles. The van der Waals surface area contributed by atoms with Crippen LogP contribution >= 0.6 is 0 Å². The number of fused-ring (bicyclic) bond motifs is 1. The first kappa shape index (κ1) is 28.4. The molecule has 3 aromatic rings. The standard InChI is InChI=1S/C32H36N2O7/c1-4-38-14-15-39-24-11-8-22(9-12-24)31-29(32(36)37)25(23-10-13-26-27(16-23)41-19-40-26)17-34(31)18-28(35)33-30-20(2)6-5-7-21(30)3/h5-13,16,25,29,31H,4,14-15,17-19H2,1-3H3,(H,33,35)(H,36,37). The lowest BCUT2D eigenvalue weighted by Gasteiger charge is -2.27. The van der Waals surface area contributed by atoms with Crippen molar-refractivity contribution in [2.45, 2.75) is 32.7 Å². The summed E-state index contributed by atoms with van der Waals surface area (Å²) in [6, 6.07) is 18.3. The number of nitrogens with zero attached hydrogens (tertiary/aromatic N) is 1. The minimum atomic E-state index is -0.924. The number of amides is 1. The van der Waals surface area contributed by atoms with E-state index >= 15 is 0 Å². The van der Waals surface area contributed by atoms with Gasteiger partial charge in [-0.05, 0) is 67.3 Å². The van der Waals surface area contributed by atoms with Gasteiger partial charge in [0.15, 0.2) is 11.5 Å². The van der Waals surface area contributed by atoms with Crippen LogP contribution in [0.3, 0.4) is 0 Å². The molecule has 3 aromatic carbocycles. The first-order valence-corrected chi connectivity index (χ1v) is 13.9. The summed E-state index contributed by atoms with van der Waals surface area (Å²) in [6.45, 7) is 7.93. The largest absolute Gasteiger partial charge is 0.491 e. The molecule has 1 amide bonds. The maximum absolute atomic E-state index is 13.4. The molecule has 2 N–H and O–H groups in total. The number of carboxylic acids is 1. The zero-order valence-corrected chi connectivity index (χ0v) is 23.6. The third kappa shape index (κ3) is 6.31. The molecule has 9 nitrogen and oxygen atoms in total. The van der Waals surface area contributed by atoms with Gasteiger partial charge in [-0.2, -0.15) is 0 Å². The van der Waals surface area contributed by atoms with Crippen LogP contribution in [0.5, 0.6) is 17.2 Å². The number of carbonyl (C=O) groups is 2. The van der Waals surface area contributed by atoms with Gasteiger partial charge in [0, 0.05) is 30.8 Å². The van der Waals surface area contributed by atoms with E-state index in [1.165, 1.54) is 0 Å². The molecule has 3 unspecified atom stereocenters. The predicted molar refractivity (Wildman–Crippen MR) is 154 cm³/mol. The summed E-state index contributed by atoms with van der Waals surface area (Å²) >= 11 is 0. The van der Waals surface area contributed by atoms with Crippen LogP contribution in [0.25, 0.3) is 0 Å². The highest BCUT2D eigenvalue weighted by Gasteiger charge is 2.48. The normalized spacial score (nSPS) is 19.7. The highest BCUT2D eigenvalue weighted by molar-refractivity contribution is 5.94. The van der Waals surface area contributed by atoms with Crippen LogP contribution < -0.4 is 19.5 Å². The quantitative estimate of drug-likeness (QED) is 0.318. The SMILES string of the molecule is CCOCCOc1ccc(C2C(C(=O)O)C(c3ccc4c(c3)OCO4)CN2CC(=O)Nc2c(C)cccc2C)cc1. The fourth-order valence-corrected chi connectivity index (χ4v) is 5.77. The fraction of sp³-hybridized carbons (Fsp3) is 0.375. The zero-order chi connectivity index (χ0) is 28.9. The Kier molecular flexibility index (Phi) is 8.75. The molecular formula is C32H36N2O7. The molecule has 216 valence electrons. The van der Waals surface area contributed by atoms with E-state index in [0.29, 0.717) is 43.6 Å². The summed E-state index contributed by atoms with van der Waals surface area (Å²) in [5.74, 6) is -0.380. The summed E-state index contributed by atoms with van der Waals surface area (Å²) in [6.07, 6.45) is 0. The van der Waals surface area contributed by atoms with Crippen molar-refractivity contribution < 1.29 is 33.6 Å². The summed E-state index contributed by atoms with van der Waals surface area (Å²) < 4.78 is 22.1. The summed E-state index contributed by atoms with van der Waals surface area (Å²) in [5, 5.41) is 13.6. The molecule has 5 rings (SSSR count). The minimum Gasteiger partial charge on any atom is -0.491 e. The number of ether oxygens (including phenoxy) is 4. The van der Waals surface area contributed by atoms with Crippen molar-refractivity contribution in [2.75, 3.05) is 45.0 Å². The minimum absolute atomic E-state index is 0.0376. The number of hydrogen-bond acceptors (Lipinski definition) is 7. The van der Waals surface area contributed by atoms with Crippen LogP contribution in [-0.2, 0) is 14.3 Å². The highest BCUT2D eigenvalue weighted by atomic mass is 16.7. The molecule has 0 radical (unpaired) electrons. The van der Waals surface area contributed by atoms with Crippen LogP contribution in [0, 0.1) is 19.8 Å². The molecule has 0 spiro atoms. The van der Waals surface area contributed by atoms with Gasteiger partial charge in [-0.25, -0.2) is 0 Å². The smallest absolute Gasteiger partial charge is 0.309 e. The van der Waals surface area contributed by atoms with E-state index < -0.39 is 17.9 Å². The molecule has 9 heteroatoms. The number of para-hydroxylation sites is 1. The number of aliphatic carboxylic acids is 1. The molecule has 2 aliphatic heterocycles. The summed E-state index contributed by atoms with van der Waals surface area (Å²) in [7, 11) is 0. The molecule has 0 saturated carbocycles. The van der Waals surface area contributed by atoms with Crippen molar-refractivity contribution in [3.63, 3.8) is 0 Å². The Labute approximate surface area is 240 Å². The number of aryl methyl sites for hydroxylation is 2. The third-order valence-corrected chi connectivity index (χ3v) is 7.72. The third-order valence-electron chi connectivity index (χ3n) is 7.72. The fourth-order valence-electron chi connectivity index (χ4n) is 5.77. The number of benzene rings is 3. The molecule has 1 fully saturated rings. The monoisotopic (exact) mass is 560 g/mol. The Hall–Kier alpha value is -4.08. The van der Waals surface area contributed by atoms with E-state index in [2.05, 4.69) is 5.32 Å². The second-order valence-electron chi connectivity index (χ2n) is 10.4. The Morgan fingerprint density at radius 3 is 2.39 bits per heavy atom. The molecule has 0 aliphatic carbocycles. The molecule has 1 saturated heterocycles. The Morgan fingerprint density at radius 1 is 0.976 bits per heavy atom. The second-order valence-corrected chi connectivity index (χ2v) is 10.4. The first-order valence-electron chi connectivity index (χ1n) is 13.9. The van der Waals surface area contributed by atoms with Gasteiger partial charge in [-0.1, -0.05) is 36.4 Å². The maximum atomic E-state index is 13.4. The Balaban J connectivity index is 1.43. The van der Waals surface area contributed by atoms with Gasteiger partial charge in [0.05, 0.1) is 19.1 Å². The van der Waals surface area contributed by atoms with Crippen LogP contribution in [0.1, 0.15) is 41.1 Å². The number of carbonyl (C=O) groups excluding carboxylic acids is 1. The van der Waals surface area contributed by atoms with Crippen LogP contribution in [-0.4, -0.2) is 61.6 Å². The van der Waals surface area contributed by atoms with Crippen LogP contribution in [0.4, 0.5) is 5.69 Å². The highest BCUT2D eigenvalue weighted by Crippen LogP contribution is 2.47.